The summed E-state index contributed by atoms with van der Waals surface area (Å²) in [5.41, 5.74) is 1.80. The molecule has 0 bridgehead atoms. The zero-order chi connectivity index (χ0) is 13.1. The predicted molar refractivity (Wildman–Crippen MR) is 77.2 cm³/mol. The highest BCUT2D eigenvalue weighted by atomic mass is 14.9. The fourth-order valence-corrected chi connectivity index (χ4v) is 3.54. The van der Waals surface area contributed by atoms with Gasteiger partial charge in [0.1, 0.15) is 0 Å². The Balaban J connectivity index is 2.71. The minimum atomic E-state index is 0.390. The van der Waals surface area contributed by atoms with Crippen molar-refractivity contribution in [3.8, 4) is 0 Å². The zero-order valence-corrected chi connectivity index (χ0v) is 12.5. The molecular weight excluding hydrogens is 206 g/mol. The molecule has 1 heteroatoms. The molecule has 1 saturated carbocycles. The first kappa shape index (κ1) is 14.8. The van der Waals surface area contributed by atoms with Gasteiger partial charge in [0.2, 0.25) is 0 Å². The van der Waals surface area contributed by atoms with Crippen molar-refractivity contribution in [2.75, 3.05) is 7.05 Å². The maximum Gasteiger partial charge on any atom is 0.0100 e. The summed E-state index contributed by atoms with van der Waals surface area (Å²) in [6, 6.07) is 0.693. The van der Waals surface area contributed by atoms with Gasteiger partial charge in [-0.15, -0.1) is 0 Å². The minimum absolute atomic E-state index is 0.390. The fourth-order valence-electron chi connectivity index (χ4n) is 3.54. The van der Waals surface area contributed by atoms with Crippen LogP contribution in [-0.4, -0.2) is 13.1 Å². The molecule has 0 saturated heterocycles. The van der Waals surface area contributed by atoms with Crippen LogP contribution < -0.4 is 5.32 Å². The molecule has 1 fully saturated rings. The molecule has 0 amide bonds. The van der Waals surface area contributed by atoms with E-state index in [9.17, 15) is 0 Å². The highest BCUT2D eigenvalue weighted by Crippen LogP contribution is 2.43. The smallest absolute Gasteiger partial charge is 0.0100 e. The normalized spacial score (nSPS) is 30.3. The predicted octanol–water partition coefficient (Wildman–Crippen LogP) is 4.39. The summed E-state index contributed by atoms with van der Waals surface area (Å²) in [6.07, 6.45) is 6.41. The fraction of sp³-hybridized carbons (Fsp3) is 0.875. The second kappa shape index (κ2) is 6.04. The van der Waals surface area contributed by atoms with Crippen LogP contribution in [0.5, 0.6) is 0 Å². The van der Waals surface area contributed by atoms with E-state index >= 15 is 0 Å². The lowest BCUT2D eigenvalue weighted by Crippen LogP contribution is -2.45. The minimum Gasteiger partial charge on any atom is -0.317 e. The Hall–Kier alpha value is -0.300. The lowest BCUT2D eigenvalue weighted by atomic mass is 9.64. The summed E-state index contributed by atoms with van der Waals surface area (Å²) < 4.78 is 0. The van der Waals surface area contributed by atoms with E-state index < -0.39 is 0 Å². The van der Waals surface area contributed by atoms with Gasteiger partial charge in [0.25, 0.3) is 0 Å². The summed E-state index contributed by atoms with van der Waals surface area (Å²) in [5, 5.41) is 3.55. The van der Waals surface area contributed by atoms with Gasteiger partial charge < -0.3 is 5.32 Å². The van der Waals surface area contributed by atoms with Crippen molar-refractivity contribution in [3.63, 3.8) is 0 Å². The van der Waals surface area contributed by atoms with Crippen LogP contribution in [0.15, 0.2) is 12.2 Å². The Bertz CT molecular complexity index is 254. The Labute approximate surface area is 108 Å². The van der Waals surface area contributed by atoms with Crippen molar-refractivity contribution in [2.45, 2.75) is 65.8 Å². The van der Waals surface area contributed by atoms with Crippen molar-refractivity contribution >= 4 is 0 Å². The standard InChI is InChI=1S/C16H31N/c1-7-12(2)11-16(4,5)14-9-8-13(3)10-15(14)17-6/h13-15,17H,2,7-11H2,1,3-6H3. The van der Waals surface area contributed by atoms with Crippen molar-refractivity contribution in [1.82, 2.24) is 5.32 Å². The van der Waals surface area contributed by atoms with Crippen molar-refractivity contribution < 1.29 is 0 Å². The van der Waals surface area contributed by atoms with Crippen LogP contribution in [0, 0.1) is 17.3 Å². The lowest BCUT2D eigenvalue weighted by Gasteiger charge is -2.44. The summed E-state index contributed by atoms with van der Waals surface area (Å²) in [4.78, 5) is 0. The molecule has 3 unspecified atom stereocenters. The van der Waals surface area contributed by atoms with E-state index in [1.54, 1.807) is 0 Å². The summed E-state index contributed by atoms with van der Waals surface area (Å²) >= 11 is 0. The van der Waals surface area contributed by atoms with Crippen LogP contribution in [0.2, 0.25) is 0 Å². The monoisotopic (exact) mass is 237 g/mol. The van der Waals surface area contributed by atoms with E-state index in [1.807, 2.05) is 0 Å². The van der Waals surface area contributed by atoms with Gasteiger partial charge >= 0.3 is 0 Å². The molecule has 0 spiro atoms. The van der Waals surface area contributed by atoms with Gasteiger partial charge in [-0.1, -0.05) is 46.3 Å². The first-order chi connectivity index (χ1) is 7.90. The molecule has 1 nitrogen and oxygen atoms in total. The molecule has 0 aromatic rings. The molecule has 1 aliphatic rings. The molecule has 17 heavy (non-hydrogen) atoms. The summed E-state index contributed by atoms with van der Waals surface area (Å²) in [7, 11) is 2.13. The molecule has 100 valence electrons. The Kier molecular flexibility index (Phi) is 5.24. The summed E-state index contributed by atoms with van der Waals surface area (Å²) in [6.45, 7) is 13.7. The van der Waals surface area contributed by atoms with Crippen LogP contribution in [0.4, 0.5) is 0 Å². The van der Waals surface area contributed by atoms with Gasteiger partial charge in [-0.2, -0.15) is 0 Å². The van der Waals surface area contributed by atoms with Gasteiger partial charge in [0, 0.05) is 6.04 Å². The maximum absolute atomic E-state index is 4.20. The largest absolute Gasteiger partial charge is 0.317 e. The van der Waals surface area contributed by atoms with Crippen LogP contribution in [-0.2, 0) is 0 Å². The topological polar surface area (TPSA) is 12.0 Å². The molecular formula is C16H31N. The van der Waals surface area contributed by atoms with E-state index in [0.717, 1.165) is 18.3 Å². The average molecular weight is 237 g/mol. The lowest BCUT2D eigenvalue weighted by molar-refractivity contribution is 0.0976. The molecule has 3 atom stereocenters. The molecule has 0 aliphatic heterocycles. The van der Waals surface area contributed by atoms with Gasteiger partial charge in [-0.3, -0.25) is 0 Å². The van der Waals surface area contributed by atoms with Gasteiger partial charge in [-0.25, -0.2) is 0 Å². The number of rotatable bonds is 5. The Morgan fingerprint density at radius 3 is 2.53 bits per heavy atom. The number of allylic oxidation sites excluding steroid dienone is 1. The third kappa shape index (κ3) is 3.84. The second-order valence-corrected chi connectivity index (χ2v) is 6.69. The van der Waals surface area contributed by atoms with Gasteiger partial charge in [0.05, 0.1) is 0 Å². The van der Waals surface area contributed by atoms with Crippen molar-refractivity contribution in [3.05, 3.63) is 12.2 Å². The van der Waals surface area contributed by atoms with Gasteiger partial charge in [0.15, 0.2) is 0 Å². The number of nitrogens with one attached hydrogen (secondary N) is 1. The highest BCUT2D eigenvalue weighted by Gasteiger charge is 2.38. The third-order valence-corrected chi connectivity index (χ3v) is 4.69. The first-order valence-electron chi connectivity index (χ1n) is 7.24. The molecule has 0 heterocycles. The maximum atomic E-state index is 4.20. The quantitative estimate of drug-likeness (QED) is 0.699. The van der Waals surface area contributed by atoms with Crippen LogP contribution >= 0.6 is 0 Å². The van der Waals surface area contributed by atoms with Crippen LogP contribution in [0.25, 0.3) is 0 Å². The Morgan fingerprint density at radius 2 is 2.00 bits per heavy atom. The SMILES string of the molecule is C=C(CC)CC(C)(C)C1CCC(C)CC1NC. The average Bonchev–Trinajstić information content (AvgIpc) is 2.27. The summed E-state index contributed by atoms with van der Waals surface area (Å²) in [5.74, 6) is 1.68. The molecule has 1 N–H and O–H groups in total. The van der Waals surface area contributed by atoms with E-state index in [1.165, 1.54) is 31.3 Å². The molecule has 1 aliphatic carbocycles. The second-order valence-electron chi connectivity index (χ2n) is 6.69. The van der Waals surface area contributed by atoms with Crippen molar-refractivity contribution in [2.24, 2.45) is 17.3 Å². The molecule has 1 rings (SSSR count). The van der Waals surface area contributed by atoms with E-state index in [4.69, 9.17) is 0 Å². The molecule has 0 radical (unpaired) electrons. The van der Waals surface area contributed by atoms with Gasteiger partial charge in [-0.05, 0) is 50.0 Å². The molecule has 0 aromatic carbocycles. The van der Waals surface area contributed by atoms with Crippen molar-refractivity contribution in [1.29, 1.82) is 0 Å². The van der Waals surface area contributed by atoms with Crippen LogP contribution in [0.1, 0.15) is 59.8 Å². The highest BCUT2D eigenvalue weighted by molar-refractivity contribution is 5.02. The van der Waals surface area contributed by atoms with E-state index in [-0.39, 0.29) is 0 Å². The number of hydrogen-bond acceptors (Lipinski definition) is 1. The molecule has 0 aromatic heterocycles. The Morgan fingerprint density at radius 1 is 1.35 bits per heavy atom. The van der Waals surface area contributed by atoms with E-state index in [0.29, 0.717) is 11.5 Å². The van der Waals surface area contributed by atoms with E-state index in [2.05, 4.69) is 46.6 Å². The number of hydrogen-bond donors (Lipinski definition) is 1. The van der Waals surface area contributed by atoms with Crippen LogP contribution in [0.3, 0.4) is 0 Å². The zero-order valence-electron chi connectivity index (χ0n) is 12.5. The first-order valence-corrected chi connectivity index (χ1v) is 7.24. The third-order valence-electron chi connectivity index (χ3n) is 4.69.